The van der Waals surface area contributed by atoms with Gasteiger partial charge in [0.05, 0.1) is 22.3 Å². The first-order chi connectivity index (χ1) is 17.6. The second-order valence-electron chi connectivity index (χ2n) is 9.04. The van der Waals surface area contributed by atoms with Gasteiger partial charge in [-0.2, -0.15) is 9.41 Å². The van der Waals surface area contributed by atoms with Crippen molar-refractivity contribution in [2.45, 2.75) is 30.2 Å². The van der Waals surface area contributed by atoms with Crippen LogP contribution in [0.2, 0.25) is 0 Å². The summed E-state index contributed by atoms with van der Waals surface area (Å²) in [6.45, 7) is 1.20. The van der Waals surface area contributed by atoms with Gasteiger partial charge in [-0.1, -0.05) is 72.8 Å². The molecule has 36 heavy (non-hydrogen) atoms. The van der Waals surface area contributed by atoms with Crippen LogP contribution in [0.3, 0.4) is 0 Å². The van der Waals surface area contributed by atoms with Crippen LogP contribution in [-0.2, 0) is 10.0 Å². The minimum atomic E-state index is -3.43. The molecule has 3 heterocycles. The molecule has 2 aliphatic heterocycles. The molecule has 0 bridgehead atoms. The lowest BCUT2D eigenvalue weighted by atomic mass is 9.99. The maximum Gasteiger partial charge on any atom is 0.243 e. The molecule has 8 heteroatoms. The predicted octanol–water partition coefficient (Wildman–Crippen LogP) is 5.95. The van der Waals surface area contributed by atoms with Gasteiger partial charge in [0, 0.05) is 30.5 Å². The van der Waals surface area contributed by atoms with Gasteiger partial charge < -0.3 is 0 Å². The molecule has 0 aliphatic carbocycles. The van der Waals surface area contributed by atoms with Crippen LogP contribution in [0.5, 0.6) is 0 Å². The number of thiazole rings is 1. The molecular weight excluding hydrogens is 488 g/mol. The van der Waals surface area contributed by atoms with Gasteiger partial charge in [-0.25, -0.2) is 18.4 Å². The molecule has 0 saturated carbocycles. The van der Waals surface area contributed by atoms with Crippen molar-refractivity contribution in [3.05, 3.63) is 101 Å². The van der Waals surface area contributed by atoms with Crippen LogP contribution in [-0.4, -0.2) is 36.5 Å². The molecule has 4 aromatic rings. The van der Waals surface area contributed by atoms with Gasteiger partial charge in [-0.15, -0.1) is 11.3 Å². The maximum atomic E-state index is 12.9. The largest absolute Gasteiger partial charge is 0.243 e. The van der Waals surface area contributed by atoms with Crippen LogP contribution in [0, 0.1) is 0 Å². The molecule has 0 radical (unpaired) electrons. The third kappa shape index (κ3) is 4.36. The van der Waals surface area contributed by atoms with Crippen molar-refractivity contribution in [1.29, 1.82) is 0 Å². The molecule has 1 fully saturated rings. The summed E-state index contributed by atoms with van der Waals surface area (Å²) in [4.78, 5) is 5.25. The summed E-state index contributed by atoms with van der Waals surface area (Å²) in [6.07, 6.45) is 2.65. The highest BCUT2D eigenvalue weighted by atomic mass is 32.2. The Morgan fingerprint density at radius 1 is 0.806 bits per heavy atom. The van der Waals surface area contributed by atoms with E-state index >= 15 is 0 Å². The van der Waals surface area contributed by atoms with E-state index in [-0.39, 0.29) is 6.04 Å². The van der Waals surface area contributed by atoms with Gasteiger partial charge in [0.25, 0.3) is 0 Å². The van der Waals surface area contributed by atoms with Crippen molar-refractivity contribution in [3.8, 4) is 11.3 Å². The second-order valence-corrected chi connectivity index (χ2v) is 11.8. The number of hydrogen-bond acceptors (Lipinski definition) is 6. The molecule has 3 aromatic carbocycles. The number of sulfonamides is 1. The van der Waals surface area contributed by atoms with Gasteiger partial charge in [0.15, 0.2) is 0 Å². The molecule has 182 valence electrons. The Bertz CT molecular complexity index is 1480. The zero-order valence-corrected chi connectivity index (χ0v) is 21.3. The van der Waals surface area contributed by atoms with Crippen molar-refractivity contribution >= 4 is 32.2 Å². The predicted molar refractivity (Wildman–Crippen MR) is 145 cm³/mol. The van der Waals surface area contributed by atoms with E-state index in [2.05, 4.69) is 36.4 Å². The summed E-state index contributed by atoms with van der Waals surface area (Å²) >= 11 is 1.55. The average Bonchev–Trinajstić information content (AvgIpc) is 3.71. The van der Waals surface area contributed by atoms with E-state index in [1.54, 1.807) is 27.8 Å². The molecule has 6 rings (SSSR count). The van der Waals surface area contributed by atoms with Gasteiger partial charge in [0.1, 0.15) is 0 Å². The number of benzene rings is 3. The Morgan fingerprint density at radius 2 is 1.47 bits per heavy atom. The highest BCUT2D eigenvalue weighted by Gasteiger charge is 2.32. The summed E-state index contributed by atoms with van der Waals surface area (Å²) < 4.78 is 27.3. The van der Waals surface area contributed by atoms with Crippen LogP contribution >= 0.6 is 11.3 Å². The van der Waals surface area contributed by atoms with Crippen molar-refractivity contribution in [1.82, 2.24) is 9.29 Å². The lowest BCUT2D eigenvalue weighted by Crippen LogP contribution is -2.27. The van der Waals surface area contributed by atoms with E-state index in [0.29, 0.717) is 18.0 Å². The molecule has 0 spiro atoms. The van der Waals surface area contributed by atoms with Gasteiger partial charge in [0.2, 0.25) is 15.2 Å². The summed E-state index contributed by atoms with van der Waals surface area (Å²) in [5.74, 6) is 0. The first kappa shape index (κ1) is 23.1. The Kier molecular flexibility index (Phi) is 6.17. The number of rotatable bonds is 6. The average molecular weight is 515 g/mol. The molecule has 1 saturated heterocycles. The Morgan fingerprint density at radius 3 is 2.17 bits per heavy atom. The first-order valence-electron chi connectivity index (χ1n) is 12.1. The fourth-order valence-electron chi connectivity index (χ4n) is 4.80. The monoisotopic (exact) mass is 514 g/mol. The normalized spacial score (nSPS) is 18.5. The zero-order valence-electron chi connectivity index (χ0n) is 19.7. The minimum absolute atomic E-state index is 0.0633. The standard InChI is InChI=1S/C28H26N4O2S2/c33-36(34,31-17-7-8-18-31)24-15-13-22(14-16-24)26-20-35-28(29-26)32-27(23-11-5-2-6-12-23)19-25(30-32)21-9-3-1-4-10-21/h1-6,9-16,20,27H,7-8,17-19H2. The van der Waals surface area contributed by atoms with Crippen molar-refractivity contribution < 1.29 is 8.42 Å². The maximum absolute atomic E-state index is 12.9. The van der Waals surface area contributed by atoms with E-state index in [1.807, 2.05) is 46.8 Å². The fourth-order valence-corrected chi connectivity index (χ4v) is 7.15. The van der Waals surface area contributed by atoms with Crippen LogP contribution in [0.25, 0.3) is 11.3 Å². The molecule has 0 N–H and O–H groups in total. The van der Waals surface area contributed by atoms with Crippen LogP contribution in [0.4, 0.5) is 5.13 Å². The van der Waals surface area contributed by atoms with Gasteiger partial charge in [-0.05, 0) is 36.1 Å². The van der Waals surface area contributed by atoms with E-state index in [0.717, 1.165) is 46.9 Å². The fraction of sp³-hybridized carbons (Fsp3) is 0.214. The second kappa shape index (κ2) is 9.61. The van der Waals surface area contributed by atoms with Crippen LogP contribution in [0.15, 0.2) is 100 Å². The van der Waals surface area contributed by atoms with Crippen molar-refractivity contribution in [2.24, 2.45) is 5.10 Å². The topological polar surface area (TPSA) is 65.9 Å². The highest BCUT2D eigenvalue weighted by molar-refractivity contribution is 7.89. The lowest BCUT2D eigenvalue weighted by molar-refractivity contribution is 0.477. The highest BCUT2D eigenvalue weighted by Crippen LogP contribution is 2.39. The molecule has 1 unspecified atom stereocenters. The molecular formula is C28H26N4O2S2. The molecule has 2 aliphatic rings. The van der Waals surface area contributed by atoms with Gasteiger partial charge in [-0.3, -0.25) is 0 Å². The number of aromatic nitrogens is 1. The van der Waals surface area contributed by atoms with E-state index in [4.69, 9.17) is 10.1 Å². The summed E-state index contributed by atoms with van der Waals surface area (Å²) in [5.41, 5.74) is 5.06. The van der Waals surface area contributed by atoms with Crippen molar-refractivity contribution in [2.75, 3.05) is 18.1 Å². The SMILES string of the molecule is O=S(=O)(c1ccc(-c2csc(N3N=C(c4ccccc4)CC3c3ccccc3)n2)cc1)N1CCCC1. The third-order valence-electron chi connectivity index (χ3n) is 6.74. The molecule has 0 amide bonds. The van der Waals surface area contributed by atoms with Gasteiger partial charge >= 0.3 is 0 Å². The Labute approximate surface area is 215 Å². The zero-order chi connectivity index (χ0) is 24.5. The van der Waals surface area contributed by atoms with Crippen molar-refractivity contribution in [3.63, 3.8) is 0 Å². The summed E-state index contributed by atoms with van der Waals surface area (Å²) in [5, 5.41) is 9.85. The molecule has 1 aromatic heterocycles. The Hall–Kier alpha value is -3.33. The number of nitrogens with zero attached hydrogens (tertiary/aromatic N) is 4. The minimum Gasteiger partial charge on any atom is -0.231 e. The van der Waals surface area contributed by atoms with E-state index in [9.17, 15) is 8.42 Å². The number of anilines is 1. The number of hydrazone groups is 1. The molecule has 1 atom stereocenters. The van der Waals surface area contributed by atoms with E-state index < -0.39 is 10.0 Å². The van der Waals surface area contributed by atoms with Crippen LogP contribution < -0.4 is 5.01 Å². The smallest absolute Gasteiger partial charge is 0.231 e. The third-order valence-corrected chi connectivity index (χ3v) is 9.49. The lowest BCUT2D eigenvalue weighted by Gasteiger charge is -2.21. The summed E-state index contributed by atoms with van der Waals surface area (Å²) in [6, 6.07) is 27.8. The number of hydrogen-bond donors (Lipinski definition) is 0. The first-order valence-corrected chi connectivity index (χ1v) is 14.4. The van der Waals surface area contributed by atoms with E-state index in [1.165, 1.54) is 5.56 Å². The molecule has 6 nitrogen and oxygen atoms in total. The summed E-state index contributed by atoms with van der Waals surface area (Å²) in [7, 11) is -3.43. The Balaban J connectivity index is 1.30. The van der Waals surface area contributed by atoms with Crippen LogP contribution in [0.1, 0.15) is 36.4 Å². The quantitative estimate of drug-likeness (QED) is 0.319.